The maximum atomic E-state index is 11.8. The Bertz CT molecular complexity index is 516. The molecule has 0 bridgehead atoms. The quantitative estimate of drug-likeness (QED) is 0.786. The second-order valence-corrected chi connectivity index (χ2v) is 3.80. The number of allylic oxidation sites excluding steroid dienone is 1. The van der Waals surface area contributed by atoms with Crippen LogP contribution in [-0.4, -0.2) is 22.0 Å². The van der Waals surface area contributed by atoms with E-state index in [1.807, 2.05) is 13.0 Å². The summed E-state index contributed by atoms with van der Waals surface area (Å²) in [4.78, 5) is 22.2. The Kier molecular flexibility index (Phi) is 3.18. The molecule has 2 N–H and O–H groups in total. The van der Waals surface area contributed by atoms with Gasteiger partial charge in [0.25, 0.3) is 5.91 Å². The predicted molar refractivity (Wildman–Crippen MR) is 62.0 cm³/mol. The van der Waals surface area contributed by atoms with Crippen molar-refractivity contribution in [3.8, 4) is 0 Å². The fraction of sp³-hybridized carbons (Fsp3) is 0.167. The molecule has 2 heterocycles. The van der Waals surface area contributed by atoms with Crippen molar-refractivity contribution in [3.05, 3.63) is 48.1 Å². The van der Waals surface area contributed by atoms with E-state index >= 15 is 0 Å². The number of carbonyl (C=O) groups excluding carboxylic acids is 1. The minimum Gasteiger partial charge on any atom is -0.478 e. The Labute approximate surface area is 103 Å². The molecule has 0 radical (unpaired) electrons. The van der Waals surface area contributed by atoms with Gasteiger partial charge in [-0.15, -0.1) is 0 Å². The van der Waals surface area contributed by atoms with Crippen LogP contribution in [0.3, 0.4) is 0 Å². The molecule has 1 aliphatic rings. The van der Waals surface area contributed by atoms with Crippen molar-refractivity contribution in [2.24, 2.45) is 0 Å². The molecule has 0 saturated carbocycles. The Balaban J connectivity index is 2.18. The van der Waals surface area contributed by atoms with Gasteiger partial charge < -0.3 is 9.52 Å². The number of hydrazine groups is 1. The molecule has 0 unspecified atom stereocenters. The lowest BCUT2D eigenvalue weighted by molar-refractivity contribution is -0.133. The first-order valence-electron chi connectivity index (χ1n) is 5.30. The van der Waals surface area contributed by atoms with Gasteiger partial charge in [-0.3, -0.25) is 10.2 Å². The van der Waals surface area contributed by atoms with Crippen molar-refractivity contribution < 1.29 is 19.1 Å². The van der Waals surface area contributed by atoms with E-state index in [0.717, 1.165) is 17.8 Å². The third-order valence-electron chi connectivity index (χ3n) is 2.42. The van der Waals surface area contributed by atoms with Crippen molar-refractivity contribution in [1.82, 2.24) is 10.4 Å². The van der Waals surface area contributed by atoms with Crippen LogP contribution in [0.5, 0.6) is 0 Å². The number of nitrogens with zero attached hydrogens (tertiary/aromatic N) is 1. The van der Waals surface area contributed by atoms with Crippen LogP contribution in [0.2, 0.25) is 0 Å². The van der Waals surface area contributed by atoms with E-state index < -0.39 is 11.9 Å². The van der Waals surface area contributed by atoms with E-state index in [4.69, 9.17) is 9.52 Å². The first-order chi connectivity index (χ1) is 8.58. The summed E-state index contributed by atoms with van der Waals surface area (Å²) in [5.74, 6) is -1.01. The molecule has 1 aliphatic heterocycles. The van der Waals surface area contributed by atoms with Crippen LogP contribution in [0, 0.1) is 0 Å². The highest BCUT2D eigenvalue weighted by atomic mass is 16.4. The minimum atomic E-state index is -1.17. The first kappa shape index (κ1) is 12.0. The lowest BCUT2D eigenvalue weighted by Crippen LogP contribution is -2.38. The molecule has 0 aliphatic carbocycles. The summed E-state index contributed by atoms with van der Waals surface area (Å²) in [5, 5.41) is 9.81. The molecule has 1 aromatic heterocycles. The van der Waals surface area contributed by atoms with Crippen LogP contribution in [0.15, 0.2) is 46.7 Å². The van der Waals surface area contributed by atoms with Crippen LogP contribution < -0.4 is 5.43 Å². The number of nitrogens with one attached hydrogen (secondary N) is 1. The van der Waals surface area contributed by atoms with Gasteiger partial charge >= 0.3 is 5.97 Å². The Morgan fingerprint density at radius 3 is 2.89 bits per heavy atom. The summed E-state index contributed by atoms with van der Waals surface area (Å²) < 4.78 is 5.25. The largest absolute Gasteiger partial charge is 0.478 e. The molecule has 0 saturated heterocycles. The number of carbonyl (C=O) groups is 2. The molecule has 0 aromatic carbocycles. The number of carboxylic acid groups (broad SMARTS) is 1. The molecule has 0 fully saturated rings. The number of furan rings is 1. The van der Waals surface area contributed by atoms with E-state index in [-0.39, 0.29) is 6.04 Å². The zero-order valence-electron chi connectivity index (χ0n) is 9.66. The van der Waals surface area contributed by atoms with E-state index in [1.54, 1.807) is 12.1 Å². The lowest BCUT2D eigenvalue weighted by atomic mass is 10.2. The van der Waals surface area contributed by atoms with Gasteiger partial charge in [0.15, 0.2) is 0 Å². The highest BCUT2D eigenvalue weighted by Gasteiger charge is 2.29. The fourth-order valence-electron chi connectivity index (χ4n) is 1.69. The van der Waals surface area contributed by atoms with Crippen LogP contribution in [0.4, 0.5) is 0 Å². The van der Waals surface area contributed by atoms with E-state index in [9.17, 15) is 9.59 Å². The molecule has 94 valence electrons. The summed E-state index contributed by atoms with van der Waals surface area (Å²) in [6, 6.07) is 3.11. The van der Waals surface area contributed by atoms with E-state index in [1.165, 1.54) is 11.3 Å². The number of rotatable bonds is 3. The van der Waals surface area contributed by atoms with E-state index in [0.29, 0.717) is 5.76 Å². The van der Waals surface area contributed by atoms with Gasteiger partial charge in [-0.25, -0.2) is 9.80 Å². The topological polar surface area (TPSA) is 82.8 Å². The fourth-order valence-corrected chi connectivity index (χ4v) is 1.69. The zero-order valence-corrected chi connectivity index (χ0v) is 9.66. The Morgan fingerprint density at radius 1 is 1.50 bits per heavy atom. The molecular weight excluding hydrogens is 236 g/mol. The average molecular weight is 248 g/mol. The highest BCUT2D eigenvalue weighted by Crippen LogP contribution is 2.27. The van der Waals surface area contributed by atoms with Crippen molar-refractivity contribution in [1.29, 1.82) is 0 Å². The zero-order chi connectivity index (χ0) is 13.1. The van der Waals surface area contributed by atoms with Gasteiger partial charge in [0.05, 0.1) is 6.26 Å². The summed E-state index contributed by atoms with van der Waals surface area (Å²) in [7, 11) is 0. The maximum absolute atomic E-state index is 11.8. The monoisotopic (exact) mass is 248 g/mol. The number of amides is 1. The average Bonchev–Trinajstić information content (AvgIpc) is 2.93. The predicted octanol–water partition coefficient (Wildman–Crippen LogP) is 1.21. The molecule has 6 heteroatoms. The third kappa shape index (κ3) is 2.42. The SMILES string of the molecule is CC1=C[C@H](c2ccco2)N(C(=O)C=CC(=O)O)N1. The molecular formula is C12H12N2O4. The van der Waals surface area contributed by atoms with Crippen LogP contribution in [0.1, 0.15) is 18.7 Å². The third-order valence-corrected chi connectivity index (χ3v) is 2.42. The maximum Gasteiger partial charge on any atom is 0.328 e. The molecule has 1 atom stereocenters. The standard InChI is InChI=1S/C12H12N2O4/c1-8-7-9(10-3-2-6-18-10)14(13-8)11(15)4-5-12(16)17/h2-7,9,13H,1H3,(H,16,17)/t9-/m1/s1. The van der Waals surface area contributed by atoms with Crippen molar-refractivity contribution in [3.63, 3.8) is 0 Å². The Morgan fingerprint density at radius 2 is 2.28 bits per heavy atom. The number of hydrogen-bond donors (Lipinski definition) is 2. The molecule has 18 heavy (non-hydrogen) atoms. The Hall–Kier alpha value is -2.50. The van der Waals surface area contributed by atoms with Crippen molar-refractivity contribution >= 4 is 11.9 Å². The second-order valence-electron chi connectivity index (χ2n) is 3.80. The van der Waals surface area contributed by atoms with Crippen molar-refractivity contribution in [2.45, 2.75) is 13.0 Å². The van der Waals surface area contributed by atoms with Crippen LogP contribution in [0.25, 0.3) is 0 Å². The number of carboxylic acids is 1. The first-order valence-corrected chi connectivity index (χ1v) is 5.30. The van der Waals surface area contributed by atoms with Crippen molar-refractivity contribution in [2.75, 3.05) is 0 Å². The van der Waals surface area contributed by atoms with Crippen LogP contribution in [-0.2, 0) is 9.59 Å². The summed E-state index contributed by atoms with van der Waals surface area (Å²) >= 11 is 0. The number of hydrogen-bond acceptors (Lipinski definition) is 4. The minimum absolute atomic E-state index is 0.369. The van der Waals surface area contributed by atoms with Gasteiger partial charge in [-0.05, 0) is 25.1 Å². The normalized spacial score (nSPS) is 18.8. The molecule has 0 spiro atoms. The van der Waals surface area contributed by atoms with Gasteiger partial charge in [0, 0.05) is 17.8 Å². The molecule has 1 amide bonds. The summed E-state index contributed by atoms with van der Waals surface area (Å²) in [5.41, 5.74) is 3.66. The number of aliphatic carboxylic acids is 1. The second kappa shape index (κ2) is 4.79. The molecule has 6 nitrogen and oxygen atoms in total. The molecule has 1 aromatic rings. The highest BCUT2D eigenvalue weighted by molar-refractivity contribution is 5.94. The van der Waals surface area contributed by atoms with Gasteiger partial charge in [0.1, 0.15) is 11.8 Å². The van der Waals surface area contributed by atoms with Crippen LogP contribution >= 0.6 is 0 Å². The molecule has 2 rings (SSSR count). The summed E-state index contributed by atoms with van der Waals surface area (Å²) in [6.07, 6.45) is 5.15. The summed E-state index contributed by atoms with van der Waals surface area (Å²) in [6.45, 7) is 1.81. The van der Waals surface area contributed by atoms with Gasteiger partial charge in [-0.2, -0.15) is 0 Å². The van der Waals surface area contributed by atoms with Gasteiger partial charge in [-0.1, -0.05) is 0 Å². The van der Waals surface area contributed by atoms with Gasteiger partial charge in [0.2, 0.25) is 0 Å². The lowest BCUT2D eigenvalue weighted by Gasteiger charge is -2.21. The smallest absolute Gasteiger partial charge is 0.328 e. The van der Waals surface area contributed by atoms with E-state index in [2.05, 4.69) is 5.43 Å².